The van der Waals surface area contributed by atoms with Gasteiger partial charge in [0.05, 0.1) is 7.11 Å². The minimum Gasteiger partial charge on any atom is -0.497 e. The molecule has 2 aromatic rings. The Labute approximate surface area is 126 Å². The maximum atomic E-state index is 5.38. The van der Waals surface area contributed by atoms with E-state index in [4.69, 9.17) is 4.74 Å². The molecule has 4 heteroatoms. The zero-order valence-corrected chi connectivity index (χ0v) is 12.8. The number of hydrogen-bond acceptors (Lipinski definition) is 4. The molecule has 4 nitrogen and oxygen atoms in total. The summed E-state index contributed by atoms with van der Waals surface area (Å²) in [6, 6.07) is 8.78. The van der Waals surface area contributed by atoms with Gasteiger partial charge in [0, 0.05) is 30.7 Å². The number of fused-ring (bicyclic) bond motifs is 1. The van der Waals surface area contributed by atoms with E-state index in [9.17, 15) is 0 Å². The van der Waals surface area contributed by atoms with Crippen LogP contribution in [-0.4, -0.2) is 37.8 Å². The van der Waals surface area contributed by atoms with Crippen LogP contribution in [0.2, 0.25) is 0 Å². The van der Waals surface area contributed by atoms with E-state index in [2.05, 4.69) is 40.3 Å². The highest BCUT2D eigenvalue weighted by atomic mass is 16.5. The molecule has 112 valence electrons. The van der Waals surface area contributed by atoms with Crippen molar-refractivity contribution >= 4 is 16.6 Å². The molecule has 0 amide bonds. The molecular formula is C17H23N3O. The topological polar surface area (TPSA) is 37.4 Å². The zero-order chi connectivity index (χ0) is 14.7. The number of nitrogens with zero attached hydrogens (tertiary/aromatic N) is 2. The molecule has 1 unspecified atom stereocenters. The fourth-order valence-electron chi connectivity index (χ4n) is 3.17. The Morgan fingerprint density at radius 2 is 2.29 bits per heavy atom. The van der Waals surface area contributed by atoms with E-state index >= 15 is 0 Å². The van der Waals surface area contributed by atoms with Crippen molar-refractivity contribution in [2.75, 3.05) is 31.6 Å². The first kappa shape index (κ1) is 14.1. The lowest BCUT2D eigenvalue weighted by atomic mass is 10.0. The van der Waals surface area contributed by atoms with E-state index in [0.29, 0.717) is 6.04 Å². The second-order valence-electron chi connectivity index (χ2n) is 5.51. The largest absolute Gasteiger partial charge is 0.497 e. The van der Waals surface area contributed by atoms with Crippen molar-refractivity contribution in [2.24, 2.45) is 0 Å². The molecule has 1 N–H and O–H groups in total. The molecule has 1 atom stereocenters. The SMILES string of the molecule is CCN(c1nccc2ccc(OC)cc12)C1CCCNC1. The smallest absolute Gasteiger partial charge is 0.136 e. The van der Waals surface area contributed by atoms with Crippen molar-refractivity contribution in [3.63, 3.8) is 0 Å². The molecule has 0 spiro atoms. The van der Waals surface area contributed by atoms with Gasteiger partial charge in [-0.05, 0) is 49.9 Å². The van der Waals surface area contributed by atoms with Crippen LogP contribution in [0.3, 0.4) is 0 Å². The summed E-state index contributed by atoms with van der Waals surface area (Å²) in [5.41, 5.74) is 0. The van der Waals surface area contributed by atoms with Gasteiger partial charge in [-0.3, -0.25) is 0 Å². The third-order valence-corrected chi connectivity index (χ3v) is 4.28. The first-order valence-corrected chi connectivity index (χ1v) is 7.73. The fourth-order valence-corrected chi connectivity index (χ4v) is 3.17. The third-order valence-electron chi connectivity index (χ3n) is 4.28. The number of piperidine rings is 1. The molecule has 1 aromatic carbocycles. The average Bonchev–Trinajstić information content (AvgIpc) is 2.56. The van der Waals surface area contributed by atoms with Crippen molar-refractivity contribution in [1.29, 1.82) is 0 Å². The lowest BCUT2D eigenvalue weighted by molar-refractivity contribution is 0.415. The Morgan fingerprint density at radius 3 is 3.00 bits per heavy atom. The number of rotatable bonds is 4. The predicted molar refractivity (Wildman–Crippen MR) is 87.2 cm³/mol. The summed E-state index contributed by atoms with van der Waals surface area (Å²) < 4.78 is 5.38. The van der Waals surface area contributed by atoms with Gasteiger partial charge in [0.1, 0.15) is 11.6 Å². The summed E-state index contributed by atoms with van der Waals surface area (Å²) in [6.45, 7) is 5.34. The summed E-state index contributed by atoms with van der Waals surface area (Å²) in [5, 5.41) is 5.88. The maximum absolute atomic E-state index is 5.38. The van der Waals surface area contributed by atoms with Gasteiger partial charge in [-0.1, -0.05) is 6.07 Å². The van der Waals surface area contributed by atoms with Crippen LogP contribution in [-0.2, 0) is 0 Å². The summed E-state index contributed by atoms with van der Waals surface area (Å²) in [4.78, 5) is 7.10. The summed E-state index contributed by atoms with van der Waals surface area (Å²) in [5.74, 6) is 1.96. The number of ether oxygens (including phenoxy) is 1. The first-order valence-electron chi connectivity index (χ1n) is 7.73. The maximum Gasteiger partial charge on any atom is 0.136 e. The van der Waals surface area contributed by atoms with E-state index < -0.39 is 0 Å². The van der Waals surface area contributed by atoms with Gasteiger partial charge in [0.25, 0.3) is 0 Å². The Bertz CT molecular complexity index is 608. The fraction of sp³-hybridized carbons (Fsp3) is 0.471. The van der Waals surface area contributed by atoms with Crippen molar-refractivity contribution in [1.82, 2.24) is 10.3 Å². The van der Waals surface area contributed by atoms with Gasteiger partial charge in [-0.2, -0.15) is 0 Å². The van der Waals surface area contributed by atoms with E-state index in [1.165, 1.54) is 23.6 Å². The number of pyridine rings is 1. The Kier molecular flexibility index (Phi) is 4.25. The van der Waals surface area contributed by atoms with Crippen LogP contribution in [0.25, 0.3) is 10.8 Å². The highest BCUT2D eigenvalue weighted by Gasteiger charge is 2.22. The number of aromatic nitrogens is 1. The van der Waals surface area contributed by atoms with Crippen molar-refractivity contribution in [3.8, 4) is 5.75 Å². The van der Waals surface area contributed by atoms with Crippen LogP contribution in [0.5, 0.6) is 5.75 Å². The minimum absolute atomic E-state index is 0.521. The molecule has 0 bridgehead atoms. The first-order chi connectivity index (χ1) is 10.3. The average molecular weight is 285 g/mol. The molecule has 21 heavy (non-hydrogen) atoms. The van der Waals surface area contributed by atoms with Crippen LogP contribution >= 0.6 is 0 Å². The number of nitrogens with one attached hydrogen (secondary N) is 1. The van der Waals surface area contributed by atoms with E-state index in [-0.39, 0.29) is 0 Å². The van der Waals surface area contributed by atoms with Crippen LogP contribution in [0.1, 0.15) is 19.8 Å². The zero-order valence-electron chi connectivity index (χ0n) is 12.8. The number of benzene rings is 1. The number of hydrogen-bond donors (Lipinski definition) is 1. The molecule has 2 heterocycles. The van der Waals surface area contributed by atoms with Gasteiger partial charge in [0.2, 0.25) is 0 Å². The van der Waals surface area contributed by atoms with Crippen molar-refractivity contribution in [3.05, 3.63) is 30.5 Å². The van der Waals surface area contributed by atoms with Crippen molar-refractivity contribution < 1.29 is 4.74 Å². The van der Waals surface area contributed by atoms with E-state index in [0.717, 1.165) is 31.2 Å². The highest BCUT2D eigenvalue weighted by molar-refractivity contribution is 5.93. The van der Waals surface area contributed by atoms with Crippen molar-refractivity contribution in [2.45, 2.75) is 25.8 Å². The summed E-state index contributed by atoms with van der Waals surface area (Å²) in [7, 11) is 1.71. The Hall–Kier alpha value is -1.81. The third kappa shape index (κ3) is 2.81. The van der Waals surface area contributed by atoms with Crippen LogP contribution in [0.15, 0.2) is 30.5 Å². The van der Waals surface area contributed by atoms with Crippen LogP contribution in [0, 0.1) is 0 Å². The summed E-state index contributed by atoms with van der Waals surface area (Å²) >= 11 is 0. The van der Waals surface area contributed by atoms with E-state index in [1.54, 1.807) is 7.11 Å². The van der Waals surface area contributed by atoms with Gasteiger partial charge in [-0.25, -0.2) is 4.98 Å². The quantitative estimate of drug-likeness (QED) is 0.937. The molecule has 1 aromatic heterocycles. The van der Waals surface area contributed by atoms with E-state index in [1.807, 2.05) is 12.3 Å². The minimum atomic E-state index is 0.521. The normalized spacial score (nSPS) is 18.7. The predicted octanol–water partition coefficient (Wildman–Crippen LogP) is 2.82. The molecular weight excluding hydrogens is 262 g/mol. The number of methoxy groups -OCH3 is 1. The molecule has 0 saturated carbocycles. The summed E-state index contributed by atoms with van der Waals surface area (Å²) in [6.07, 6.45) is 4.36. The van der Waals surface area contributed by atoms with Gasteiger partial charge >= 0.3 is 0 Å². The lowest BCUT2D eigenvalue weighted by Gasteiger charge is -2.35. The molecule has 1 fully saturated rings. The van der Waals surface area contributed by atoms with Gasteiger partial charge < -0.3 is 15.0 Å². The lowest BCUT2D eigenvalue weighted by Crippen LogP contribution is -2.46. The second-order valence-corrected chi connectivity index (χ2v) is 5.51. The standard InChI is InChI=1S/C17H23N3O/c1-3-20(14-5-4-9-18-12-14)17-16-11-15(21-2)7-6-13(16)8-10-19-17/h6-8,10-11,14,18H,3-5,9,12H2,1-2H3. The molecule has 1 saturated heterocycles. The molecule has 0 aliphatic carbocycles. The molecule has 0 radical (unpaired) electrons. The monoisotopic (exact) mass is 285 g/mol. The molecule has 1 aliphatic heterocycles. The molecule has 1 aliphatic rings. The molecule has 3 rings (SSSR count). The Balaban J connectivity index is 2.04. The van der Waals surface area contributed by atoms with Gasteiger partial charge in [-0.15, -0.1) is 0 Å². The Morgan fingerprint density at radius 1 is 1.38 bits per heavy atom. The van der Waals surface area contributed by atoms with Crippen LogP contribution in [0.4, 0.5) is 5.82 Å². The second kappa shape index (κ2) is 6.31. The number of anilines is 1. The van der Waals surface area contributed by atoms with Crippen LogP contribution < -0.4 is 15.0 Å². The highest BCUT2D eigenvalue weighted by Crippen LogP contribution is 2.30. The number of likely N-dealkylation sites (N-methyl/N-ethyl adjacent to an activating group) is 1. The van der Waals surface area contributed by atoms with Gasteiger partial charge in [0.15, 0.2) is 0 Å².